The van der Waals surface area contributed by atoms with Gasteiger partial charge in [-0.3, -0.25) is 0 Å². The summed E-state index contributed by atoms with van der Waals surface area (Å²) in [5.74, 6) is 0.822. The molecule has 19 heavy (non-hydrogen) atoms. The normalized spacial score (nSPS) is 13.0. The van der Waals surface area contributed by atoms with Crippen LogP contribution in [0.2, 0.25) is 0 Å². The fraction of sp³-hybridized carbons (Fsp3) is 0.500. The lowest BCUT2D eigenvalue weighted by Crippen LogP contribution is -2.26. The predicted octanol–water partition coefficient (Wildman–Crippen LogP) is 2.93. The Morgan fingerprint density at radius 2 is 2.11 bits per heavy atom. The molecular weight excluding hydrogens is 353 g/mol. The average Bonchev–Trinajstić information content (AvgIpc) is 2.36. The number of guanidine groups is 1. The van der Waals surface area contributed by atoms with Crippen molar-refractivity contribution in [1.82, 2.24) is 0 Å². The third-order valence-corrected chi connectivity index (χ3v) is 2.83. The maximum atomic E-state index is 9.07. The van der Waals surface area contributed by atoms with E-state index in [-0.39, 0.29) is 36.6 Å². The Bertz CT molecular complexity index is 403. The first kappa shape index (κ1) is 18.2. The third-order valence-electron chi connectivity index (χ3n) is 2.83. The van der Waals surface area contributed by atoms with Crippen LogP contribution in [0.15, 0.2) is 29.3 Å². The number of aliphatic imine (C=N–C) groups is 1. The molecule has 0 fully saturated rings. The maximum absolute atomic E-state index is 9.07. The fourth-order valence-corrected chi connectivity index (χ4v) is 1.61. The second kappa shape index (κ2) is 9.14. The van der Waals surface area contributed by atoms with Crippen LogP contribution in [-0.4, -0.2) is 23.7 Å². The van der Waals surface area contributed by atoms with Crippen molar-refractivity contribution >= 4 is 35.6 Å². The molecule has 0 aliphatic heterocycles. The molecule has 0 bridgehead atoms. The SMILES string of the molecule is CC[C@H](CO)N=C(N)Nc1cccc(C(C)C)c1.I. The van der Waals surface area contributed by atoms with Crippen LogP contribution < -0.4 is 11.1 Å². The standard InChI is InChI=1S/C14H23N3O.HI/c1-4-12(9-18)16-14(15)17-13-7-5-6-11(8-13)10(2)3;/h5-8,10,12,18H,4,9H2,1-3H3,(H3,15,16,17);1H/t12-;/m1./s1. The first-order chi connectivity index (χ1) is 8.56. The van der Waals surface area contributed by atoms with Gasteiger partial charge in [-0.25, -0.2) is 4.99 Å². The average molecular weight is 377 g/mol. The zero-order valence-corrected chi connectivity index (χ0v) is 14.1. The molecule has 0 amide bonds. The highest BCUT2D eigenvalue weighted by Gasteiger charge is 2.04. The van der Waals surface area contributed by atoms with Crippen LogP contribution in [0.4, 0.5) is 5.69 Å². The fourth-order valence-electron chi connectivity index (χ4n) is 1.61. The Balaban J connectivity index is 0.00000324. The number of hydrogen-bond donors (Lipinski definition) is 3. The number of aliphatic hydroxyl groups excluding tert-OH is 1. The number of benzene rings is 1. The molecular formula is C14H24IN3O. The summed E-state index contributed by atoms with van der Waals surface area (Å²) in [6.45, 7) is 6.28. The van der Waals surface area contributed by atoms with Gasteiger partial charge in [0.25, 0.3) is 0 Å². The topological polar surface area (TPSA) is 70.6 Å². The Morgan fingerprint density at radius 1 is 1.42 bits per heavy atom. The van der Waals surface area contributed by atoms with Gasteiger partial charge in [0.2, 0.25) is 0 Å². The summed E-state index contributed by atoms with van der Waals surface area (Å²) in [5.41, 5.74) is 7.99. The molecule has 0 aromatic heterocycles. The summed E-state index contributed by atoms with van der Waals surface area (Å²) in [6, 6.07) is 7.96. The molecule has 5 heteroatoms. The molecule has 4 N–H and O–H groups in total. The number of nitrogens with two attached hydrogens (primary N) is 1. The van der Waals surface area contributed by atoms with Gasteiger partial charge in [0.05, 0.1) is 12.6 Å². The van der Waals surface area contributed by atoms with E-state index in [4.69, 9.17) is 10.8 Å². The number of nitrogens with one attached hydrogen (secondary N) is 1. The predicted molar refractivity (Wildman–Crippen MR) is 92.4 cm³/mol. The first-order valence-corrected chi connectivity index (χ1v) is 6.38. The Hall–Kier alpha value is -0.820. The largest absolute Gasteiger partial charge is 0.394 e. The van der Waals surface area contributed by atoms with Gasteiger partial charge in [0.1, 0.15) is 0 Å². The van der Waals surface area contributed by atoms with Crippen molar-refractivity contribution in [2.75, 3.05) is 11.9 Å². The minimum absolute atomic E-state index is 0. The molecule has 0 radical (unpaired) electrons. The molecule has 0 unspecified atom stereocenters. The molecule has 4 nitrogen and oxygen atoms in total. The summed E-state index contributed by atoms with van der Waals surface area (Å²) < 4.78 is 0. The monoisotopic (exact) mass is 377 g/mol. The molecule has 1 aromatic carbocycles. The number of anilines is 1. The number of halogens is 1. The third kappa shape index (κ3) is 6.24. The van der Waals surface area contributed by atoms with Gasteiger partial charge in [-0.1, -0.05) is 32.9 Å². The van der Waals surface area contributed by atoms with Gasteiger partial charge in [-0.15, -0.1) is 24.0 Å². The molecule has 0 aliphatic rings. The molecule has 0 saturated carbocycles. The quantitative estimate of drug-likeness (QED) is 0.420. The van der Waals surface area contributed by atoms with Crippen molar-refractivity contribution in [2.24, 2.45) is 10.7 Å². The van der Waals surface area contributed by atoms with E-state index in [1.54, 1.807) is 0 Å². The lowest BCUT2D eigenvalue weighted by Gasteiger charge is -2.12. The summed E-state index contributed by atoms with van der Waals surface area (Å²) in [7, 11) is 0. The van der Waals surface area contributed by atoms with E-state index in [2.05, 4.69) is 36.3 Å². The molecule has 1 rings (SSSR count). The van der Waals surface area contributed by atoms with Gasteiger partial charge < -0.3 is 16.2 Å². The van der Waals surface area contributed by atoms with Crippen LogP contribution in [-0.2, 0) is 0 Å². The second-order valence-electron chi connectivity index (χ2n) is 4.66. The highest BCUT2D eigenvalue weighted by atomic mass is 127. The molecule has 1 aromatic rings. The van der Waals surface area contributed by atoms with Gasteiger partial charge >= 0.3 is 0 Å². The van der Waals surface area contributed by atoms with Crippen molar-refractivity contribution in [1.29, 1.82) is 0 Å². The van der Waals surface area contributed by atoms with E-state index in [0.29, 0.717) is 11.9 Å². The second-order valence-corrected chi connectivity index (χ2v) is 4.66. The smallest absolute Gasteiger partial charge is 0.193 e. The zero-order chi connectivity index (χ0) is 13.5. The van der Waals surface area contributed by atoms with Crippen LogP contribution in [0.25, 0.3) is 0 Å². The Morgan fingerprint density at radius 3 is 2.63 bits per heavy atom. The lowest BCUT2D eigenvalue weighted by atomic mass is 10.0. The van der Waals surface area contributed by atoms with Crippen LogP contribution in [0.5, 0.6) is 0 Å². The van der Waals surface area contributed by atoms with Gasteiger partial charge in [-0.05, 0) is 30.0 Å². The Kier molecular flexibility index (Phi) is 8.75. The summed E-state index contributed by atoms with van der Waals surface area (Å²) in [6.07, 6.45) is 0.769. The van der Waals surface area contributed by atoms with Crippen LogP contribution in [0.1, 0.15) is 38.7 Å². The van der Waals surface area contributed by atoms with Gasteiger partial charge in [0, 0.05) is 5.69 Å². The summed E-state index contributed by atoms with van der Waals surface area (Å²) in [5, 5.41) is 12.1. The molecule has 0 aliphatic carbocycles. The number of aliphatic hydroxyl groups is 1. The van der Waals surface area contributed by atoms with Crippen molar-refractivity contribution in [3.8, 4) is 0 Å². The van der Waals surface area contributed by atoms with Crippen LogP contribution in [0.3, 0.4) is 0 Å². The van der Waals surface area contributed by atoms with E-state index in [0.717, 1.165) is 12.1 Å². The number of hydrogen-bond acceptors (Lipinski definition) is 2. The van der Waals surface area contributed by atoms with E-state index in [9.17, 15) is 0 Å². The highest BCUT2D eigenvalue weighted by Crippen LogP contribution is 2.18. The maximum Gasteiger partial charge on any atom is 0.193 e. The van der Waals surface area contributed by atoms with E-state index in [1.165, 1.54) is 5.56 Å². The van der Waals surface area contributed by atoms with E-state index in [1.807, 2.05) is 19.1 Å². The molecule has 0 spiro atoms. The number of nitrogens with zero attached hydrogens (tertiary/aromatic N) is 1. The zero-order valence-electron chi connectivity index (χ0n) is 11.8. The van der Waals surface area contributed by atoms with Crippen molar-refractivity contribution < 1.29 is 5.11 Å². The molecule has 1 atom stereocenters. The minimum atomic E-state index is -0.134. The van der Waals surface area contributed by atoms with Gasteiger partial charge in [0.15, 0.2) is 5.96 Å². The van der Waals surface area contributed by atoms with Crippen LogP contribution >= 0.6 is 24.0 Å². The van der Waals surface area contributed by atoms with Crippen molar-refractivity contribution in [3.63, 3.8) is 0 Å². The molecule has 0 saturated heterocycles. The van der Waals surface area contributed by atoms with Gasteiger partial charge in [-0.2, -0.15) is 0 Å². The lowest BCUT2D eigenvalue weighted by molar-refractivity contribution is 0.264. The van der Waals surface area contributed by atoms with Crippen molar-refractivity contribution in [3.05, 3.63) is 29.8 Å². The highest BCUT2D eigenvalue weighted by molar-refractivity contribution is 14.0. The van der Waals surface area contributed by atoms with E-state index < -0.39 is 0 Å². The molecule has 108 valence electrons. The molecule has 0 heterocycles. The summed E-state index contributed by atoms with van der Waals surface area (Å²) >= 11 is 0. The minimum Gasteiger partial charge on any atom is -0.394 e. The number of rotatable bonds is 5. The van der Waals surface area contributed by atoms with Crippen molar-refractivity contribution in [2.45, 2.75) is 39.2 Å². The summed E-state index contributed by atoms with van der Waals surface area (Å²) in [4.78, 5) is 4.22. The van der Waals surface area contributed by atoms with E-state index >= 15 is 0 Å². The Labute approximate surface area is 132 Å². The first-order valence-electron chi connectivity index (χ1n) is 6.38. The van der Waals surface area contributed by atoms with Crippen LogP contribution in [0, 0.1) is 0 Å².